The van der Waals surface area contributed by atoms with Crippen LogP contribution in [0.25, 0.3) is 154 Å². The Morgan fingerprint density at radius 2 is 0.667 bits per heavy atom. The van der Waals surface area contributed by atoms with Gasteiger partial charge in [-0.05, 0) is 190 Å². The van der Waals surface area contributed by atoms with Crippen LogP contribution in [0.2, 0.25) is 0 Å². The molecule has 0 fully saturated rings. The van der Waals surface area contributed by atoms with Crippen LogP contribution in [0.4, 0.5) is 5.69 Å². The standard InChI is InChI=1S/C89H53N7/c1-91-64-35-43-68(44-36-64)96-82-23-10-5-17-72(82)76-54-61(30-48-86(76)96)60-29-47-85-75(53-60)71-16-4-9-22-81(71)95(85)67-41-33-63(34-42-67)89(77-18-6-11-24-87(77)92-50-49-57-13-12-19-78(89)88(57)92)62-31-39-66(40-32-62)94-80-21-8-3-15-70(80)74-52-59(28-46-84(74)94)58-27-45-83-73(51-58)69-14-2-7-20-79(69)93(83)65-37-25-56(55-90)26-38-65/h2-54H. The van der Waals surface area contributed by atoms with Crippen molar-refractivity contribution in [1.82, 2.24) is 22.8 Å². The van der Waals surface area contributed by atoms with E-state index >= 15 is 0 Å². The van der Waals surface area contributed by atoms with Crippen LogP contribution in [-0.2, 0) is 5.41 Å². The lowest BCUT2D eigenvalue weighted by atomic mass is 9.63. The molecule has 0 spiro atoms. The van der Waals surface area contributed by atoms with Gasteiger partial charge in [0.1, 0.15) is 0 Å². The van der Waals surface area contributed by atoms with Crippen molar-refractivity contribution < 1.29 is 0 Å². The molecule has 19 aromatic rings. The van der Waals surface area contributed by atoms with Gasteiger partial charge in [-0.25, -0.2) is 4.85 Å². The summed E-state index contributed by atoms with van der Waals surface area (Å²) in [6.45, 7) is 7.54. The van der Waals surface area contributed by atoms with E-state index in [1.54, 1.807) is 0 Å². The van der Waals surface area contributed by atoms with Crippen LogP contribution in [0.15, 0.2) is 322 Å². The summed E-state index contributed by atoms with van der Waals surface area (Å²) in [5.74, 6) is 0. The van der Waals surface area contributed by atoms with Crippen LogP contribution in [0, 0.1) is 17.9 Å². The van der Waals surface area contributed by atoms with Crippen molar-refractivity contribution >= 4 is 104 Å². The van der Waals surface area contributed by atoms with Crippen molar-refractivity contribution in [2.24, 2.45) is 0 Å². The van der Waals surface area contributed by atoms with E-state index in [1.165, 1.54) is 81.9 Å². The van der Waals surface area contributed by atoms with Gasteiger partial charge in [0.25, 0.3) is 0 Å². The van der Waals surface area contributed by atoms with Crippen LogP contribution in [0.1, 0.15) is 27.8 Å². The Labute approximate surface area is 551 Å². The Morgan fingerprint density at radius 3 is 1.07 bits per heavy atom. The van der Waals surface area contributed by atoms with Crippen molar-refractivity contribution in [3.8, 4) is 56.8 Å². The molecular weight excluding hydrogens is 1170 g/mol. The first-order valence-corrected chi connectivity index (χ1v) is 32.5. The Bertz CT molecular complexity index is 6230. The lowest BCUT2D eigenvalue weighted by Gasteiger charge is -2.41. The fraction of sp³-hybridized carbons (Fsp3) is 0.0112. The van der Waals surface area contributed by atoms with Crippen LogP contribution in [0.3, 0.4) is 0 Å². The molecule has 0 saturated heterocycles. The molecule has 7 heteroatoms. The van der Waals surface area contributed by atoms with Crippen LogP contribution in [0.5, 0.6) is 0 Å². The Kier molecular flexibility index (Phi) is 11.4. The molecule has 1 unspecified atom stereocenters. The fourth-order valence-electron chi connectivity index (χ4n) is 16.4. The Balaban J connectivity index is 0.700. The van der Waals surface area contributed by atoms with E-state index in [4.69, 9.17) is 6.57 Å². The van der Waals surface area contributed by atoms with Crippen molar-refractivity contribution in [3.05, 3.63) is 361 Å². The van der Waals surface area contributed by atoms with Gasteiger partial charge >= 0.3 is 0 Å². The summed E-state index contributed by atoms with van der Waals surface area (Å²) >= 11 is 0. The molecule has 1 aliphatic heterocycles. The minimum atomic E-state index is -0.696. The summed E-state index contributed by atoms with van der Waals surface area (Å²) in [6.07, 6.45) is 2.23. The number of rotatable bonds is 8. The highest BCUT2D eigenvalue weighted by atomic mass is 15.0. The van der Waals surface area contributed by atoms with Crippen LogP contribution in [-0.4, -0.2) is 22.8 Å². The van der Waals surface area contributed by atoms with Crippen LogP contribution >= 0.6 is 0 Å². The maximum absolute atomic E-state index is 9.57. The lowest BCUT2D eigenvalue weighted by molar-refractivity contribution is 0.724. The number of para-hydroxylation sites is 6. The molecule has 96 heavy (non-hydrogen) atoms. The largest absolute Gasteiger partial charge is 0.316 e. The third kappa shape index (κ3) is 7.56. The van der Waals surface area contributed by atoms with Gasteiger partial charge in [-0.2, -0.15) is 5.26 Å². The highest BCUT2D eigenvalue weighted by Crippen LogP contribution is 2.53. The van der Waals surface area contributed by atoms with Gasteiger partial charge in [0, 0.05) is 77.4 Å². The van der Waals surface area contributed by atoms with Crippen molar-refractivity contribution in [2.45, 2.75) is 5.41 Å². The Hall–Kier alpha value is -13.2. The number of fused-ring (bicyclic) bond motifs is 14. The molecule has 14 aromatic carbocycles. The molecule has 1 atom stereocenters. The SMILES string of the molecule is [C-]#[N+]c1ccc(-n2c3ccccc3c3cc(-c4ccc5c(c4)c4ccccc4n5-c4ccc(C5(c6ccc(-n7c8ccccc8c8cc(-c9ccc%10c(c9)c9ccccc9n%10-c9ccc(C#N)cc9)ccc87)cc6)c6ccccc6-n6ccc7cccc5c76)cc4)ccc32)cc1. The summed E-state index contributed by atoms with van der Waals surface area (Å²) in [5.41, 5.74) is 25.8. The van der Waals surface area contributed by atoms with Gasteiger partial charge in [-0.1, -0.05) is 170 Å². The third-order valence-corrected chi connectivity index (χ3v) is 20.6. The van der Waals surface area contributed by atoms with E-state index in [-0.39, 0.29) is 0 Å². The summed E-state index contributed by atoms with van der Waals surface area (Å²) in [4.78, 5) is 3.65. The maximum Gasteiger partial charge on any atom is 0.187 e. The summed E-state index contributed by atoms with van der Waals surface area (Å²) in [5, 5.41) is 20.3. The topological polar surface area (TPSA) is 52.8 Å². The van der Waals surface area contributed by atoms with E-state index in [1.807, 2.05) is 48.5 Å². The maximum atomic E-state index is 9.57. The molecule has 444 valence electrons. The quantitative estimate of drug-likeness (QED) is 0.140. The van der Waals surface area contributed by atoms with E-state index in [9.17, 15) is 5.26 Å². The predicted molar refractivity (Wildman–Crippen MR) is 394 cm³/mol. The zero-order valence-corrected chi connectivity index (χ0v) is 51.7. The molecule has 5 aromatic heterocycles. The van der Waals surface area contributed by atoms with Crippen LogP contribution < -0.4 is 0 Å². The van der Waals surface area contributed by atoms with E-state index in [2.05, 4.69) is 307 Å². The minimum absolute atomic E-state index is 0.631. The van der Waals surface area contributed by atoms with Gasteiger partial charge in [0.15, 0.2) is 5.69 Å². The zero-order chi connectivity index (χ0) is 63.3. The van der Waals surface area contributed by atoms with Gasteiger partial charge < -0.3 is 22.8 Å². The smallest absolute Gasteiger partial charge is 0.187 e. The average molecular weight is 1220 g/mol. The van der Waals surface area contributed by atoms with E-state index in [0.717, 1.165) is 89.1 Å². The average Bonchev–Trinajstić information content (AvgIpc) is 1.06. The molecule has 0 saturated carbocycles. The lowest BCUT2D eigenvalue weighted by Crippen LogP contribution is -2.35. The predicted octanol–water partition coefficient (Wildman–Crippen LogP) is 22.5. The highest BCUT2D eigenvalue weighted by molar-refractivity contribution is 6.15. The monoisotopic (exact) mass is 1220 g/mol. The second kappa shape index (κ2) is 20.4. The molecule has 0 N–H and O–H groups in total. The number of hydrogen-bond acceptors (Lipinski definition) is 1. The second-order valence-electron chi connectivity index (χ2n) is 25.4. The number of benzene rings is 14. The number of nitriles is 1. The summed E-state index contributed by atoms with van der Waals surface area (Å²) < 4.78 is 11.9. The molecule has 0 aliphatic carbocycles. The molecular formula is C89H53N7. The molecule has 0 radical (unpaired) electrons. The molecule has 0 bridgehead atoms. The Morgan fingerprint density at radius 1 is 0.312 bits per heavy atom. The van der Waals surface area contributed by atoms with Gasteiger partial charge in [0.2, 0.25) is 0 Å². The fourth-order valence-corrected chi connectivity index (χ4v) is 16.4. The molecule has 0 amide bonds. The van der Waals surface area contributed by atoms with Crippen molar-refractivity contribution in [1.29, 1.82) is 5.26 Å². The summed E-state index contributed by atoms with van der Waals surface area (Å²) in [7, 11) is 0. The number of hydrogen-bond donors (Lipinski definition) is 0. The number of nitrogens with zero attached hydrogens (tertiary/aromatic N) is 7. The molecule has 7 nitrogen and oxygen atoms in total. The third-order valence-electron chi connectivity index (χ3n) is 20.6. The second-order valence-corrected chi connectivity index (χ2v) is 25.4. The van der Waals surface area contributed by atoms with Crippen molar-refractivity contribution in [2.75, 3.05) is 0 Å². The highest BCUT2D eigenvalue weighted by Gasteiger charge is 2.45. The van der Waals surface area contributed by atoms with E-state index < -0.39 is 5.41 Å². The first kappa shape index (κ1) is 53.5. The van der Waals surface area contributed by atoms with Gasteiger partial charge in [-0.3, -0.25) is 0 Å². The number of aromatic nitrogens is 5. The first-order valence-electron chi connectivity index (χ1n) is 32.5. The molecule has 6 heterocycles. The molecule has 20 rings (SSSR count). The minimum Gasteiger partial charge on any atom is -0.316 e. The van der Waals surface area contributed by atoms with Gasteiger partial charge in [-0.15, -0.1) is 0 Å². The zero-order valence-electron chi connectivity index (χ0n) is 51.7. The van der Waals surface area contributed by atoms with Crippen molar-refractivity contribution in [3.63, 3.8) is 0 Å². The first-order chi connectivity index (χ1) is 47.5. The molecule has 1 aliphatic rings. The van der Waals surface area contributed by atoms with E-state index in [0.29, 0.717) is 11.3 Å². The summed E-state index contributed by atoms with van der Waals surface area (Å²) in [6, 6.07) is 117. The van der Waals surface area contributed by atoms with Gasteiger partial charge in [0.05, 0.1) is 79.0 Å². The normalized spacial score (nSPS) is 13.6.